The van der Waals surface area contributed by atoms with Gasteiger partial charge in [0.2, 0.25) is 5.91 Å². The molecule has 0 spiro atoms. The van der Waals surface area contributed by atoms with Gasteiger partial charge in [-0.2, -0.15) is 4.31 Å². The number of amides is 1. The van der Waals surface area contributed by atoms with Gasteiger partial charge < -0.3 is 10.1 Å². The lowest BCUT2D eigenvalue weighted by Gasteiger charge is -2.13. The lowest BCUT2D eigenvalue weighted by atomic mass is 10.3. The van der Waals surface area contributed by atoms with E-state index in [0.717, 1.165) is 24.2 Å². The van der Waals surface area contributed by atoms with Crippen LogP contribution >= 0.6 is 11.3 Å². The van der Waals surface area contributed by atoms with E-state index in [1.165, 1.54) is 16.4 Å². The Labute approximate surface area is 162 Å². The molecule has 1 aliphatic heterocycles. The van der Waals surface area contributed by atoms with Crippen LogP contribution in [0.4, 0.5) is 4.39 Å². The Kier molecular flexibility index (Phi) is 6.46. The predicted octanol–water partition coefficient (Wildman–Crippen LogP) is 2.41. The second-order valence-electron chi connectivity index (χ2n) is 6.16. The fraction of sp³-hybridized carbons (Fsp3) is 0.389. The van der Waals surface area contributed by atoms with Crippen molar-refractivity contribution in [1.82, 2.24) is 9.62 Å². The van der Waals surface area contributed by atoms with E-state index in [1.54, 1.807) is 24.3 Å². The normalized spacial score (nSPS) is 15.0. The number of sulfonamides is 1. The summed E-state index contributed by atoms with van der Waals surface area (Å²) in [5.41, 5.74) is 0. The largest absolute Gasteiger partial charge is 0.492 e. The molecule has 0 bridgehead atoms. The Hall–Kier alpha value is -1.97. The second kappa shape index (κ2) is 8.81. The van der Waals surface area contributed by atoms with Crippen molar-refractivity contribution in [1.29, 1.82) is 0 Å². The predicted molar refractivity (Wildman–Crippen MR) is 101 cm³/mol. The van der Waals surface area contributed by atoms with E-state index in [-0.39, 0.29) is 35.5 Å². The van der Waals surface area contributed by atoms with Crippen LogP contribution in [0.1, 0.15) is 17.7 Å². The van der Waals surface area contributed by atoms with Crippen LogP contribution in [0.15, 0.2) is 40.6 Å². The zero-order chi connectivity index (χ0) is 19.3. The summed E-state index contributed by atoms with van der Waals surface area (Å²) in [6.45, 7) is 1.61. The number of carbonyl (C=O) groups excluding carboxylic acids is 1. The average Bonchev–Trinajstić information content (AvgIpc) is 3.31. The van der Waals surface area contributed by atoms with Gasteiger partial charge in [-0.05, 0) is 37.1 Å². The second-order valence-corrected chi connectivity index (χ2v) is 9.50. The minimum Gasteiger partial charge on any atom is -0.492 e. The molecule has 2 heterocycles. The van der Waals surface area contributed by atoms with Gasteiger partial charge in [0.15, 0.2) is 0 Å². The highest BCUT2D eigenvalue weighted by Crippen LogP contribution is 2.27. The molecule has 0 unspecified atom stereocenters. The average molecular weight is 413 g/mol. The zero-order valence-corrected chi connectivity index (χ0v) is 16.3. The minimum absolute atomic E-state index is 0.111. The Bertz CT molecular complexity index is 892. The number of nitrogens with zero attached hydrogens (tertiary/aromatic N) is 1. The number of carbonyl (C=O) groups is 1. The monoisotopic (exact) mass is 412 g/mol. The molecule has 1 aromatic heterocycles. The highest BCUT2D eigenvalue weighted by atomic mass is 32.2. The maximum atomic E-state index is 13.0. The molecule has 1 aromatic carbocycles. The van der Waals surface area contributed by atoms with E-state index in [4.69, 9.17) is 4.74 Å². The zero-order valence-electron chi connectivity index (χ0n) is 14.7. The molecule has 2 aromatic rings. The first-order valence-electron chi connectivity index (χ1n) is 8.69. The molecule has 1 amide bonds. The SMILES string of the molecule is O=C(Cc1ccc(S(=O)(=O)N2CCCC2)s1)NCCOc1cccc(F)c1. The molecular formula is C18H21FN2O4S2. The molecule has 1 saturated heterocycles. The van der Waals surface area contributed by atoms with Gasteiger partial charge >= 0.3 is 0 Å². The first-order chi connectivity index (χ1) is 12.9. The number of hydrogen-bond acceptors (Lipinski definition) is 5. The maximum Gasteiger partial charge on any atom is 0.252 e. The Morgan fingerprint density at radius 3 is 2.74 bits per heavy atom. The lowest BCUT2D eigenvalue weighted by molar-refractivity contribution is -0.120. The molecular weight excluding hydrogens is 391 g/mol. The Balaban J connectivity index is 1.45. The van der Waals surface area contributed by atoms with Crippen molar-refractivity contribution >= 4 is 27.3 Å². The van der Waals surface area contributed by atoms with Crippen molar-refractivity contribution in [3.8, 4) is 5.75 Å². The first kappa shape index (κ1) is 19.8. The summed E-state index contributed by atoms with van der Waals surface area (Å²) in [5.74, 6) is -0.196. The van der Waals surface area contributed by atoms with Gasteiger partial charge in [0, 0.05) is 24.0 Å². The smallest absolute Gasteiger partial charge is 0.252 e. The van der Waals surface area contributed by atoms with Crippen LogP contribution < -0.4 is 10.1 Å². The maximum absolute atomic E-state index is 13.0. The van der Waals surface area contributed by atoms with E-state index in [0.29, 0.717) is 23.7 Å². The number of hydrogen-bond donors (Lipinski definition) is 1. The van der Waals surface area contributed by atoms with Crippen molar-refractivity contribution in [3.05, 3.63) is 47.1 Å². The van der Waals surface area contributed by atoms with E-state index in [9.17, 15) is 17.6 Å². The molecule has 1 N–H and O–H groups in total. The molecule has 146 valence electrons. The first-order valence-corrected chi connectivity index (χ1v) is 10.9. The number of halogens is 1. The fourth-order valence-electron chi connectivity index (χ4n) is 2.78. The molecule has 0 atom stereocenters. The molecule has 6 nitrogen and oxygen atoms in total. The molecule has 3 rings (SSSR count). The number of ether oxygens (including phenoxy) is 1. The van der Waals surface area contributed by atoms with Crippen LogP contribution in [-0.2, 0) is 21.2 Å². The third-order valence-electron chi connectivity index (χ3n) is 4.12. The van der Waals surface area contributed by atoms with E-state index in [2.05, 4.69) is 5.32 Å². The van der Waals surface area contributed by atoms with Crippen LogP contribution in [-0.4, -0.2) is 44.9 Å². The van der Waals surface area contributed by atoms with Gasteiger partial charge in [0.25, 0.3) is 10.0 Å². The molecule has 1 fully saturated rings. The third kappa shape index (κ3) is 5.27. The summed E-state index contributed by atoms with van der Waals surface area (Å²) >= 11 is 1.13. The highest BCUT2D eigenvalue weighted by Gasteiger charge is 2.28. The summed E-state index contributed by atoms with van der Waals surface area (Å²) in [5, 5.41) is 2.71. The molecule has 9 heteroatoms. The van der Waals surface area contributed by atoms with Crippen molar-refractivity contribution in [2.75, 3.05) is 26.2 Å². The molecule has 1 aliphatic rings. The quantitative estimate of drug-likeness (QED) is 0.676. The number of thiophene rings is 1. The topological polar surface area (TPSA) is 75.7 Å². The lowest BCUT2D eigenvalue weighted by Crippen LogP contribution is -2.29. The van der Waals surface area contributed by atoms with Crippen molar-refractivity contribution in [2.45, 2.75) is 23.5 Å². The standard InChI is InChI=1S/C18H21FN2O4S2/c19-14-4-3-5-15(12-14)25-11-8-20-17(22)13-16-6-7-18(26-16)27(23,24)21-9-1-2-10-21/h3-7,12H,1-2,8-11,13H2,(H,20,22). The molecule has 0 saturated carbocycles. The summed E-state index contributed by atoms with van der Waals surface area (Å²) < 4.78 is 45.2. The van der Waals surface area contributed by atoms with Gasteiger partial charge in [-0.3, -0.25) is 4.79 Å². The van der Waals surface area contributed by atoms with Gasteiger partial charge in [0.05, 0.1) is 13.0 Å². The fourth-order valence-corrected chi connectivity index (χ4v) is 5.81. The van der Waals surface area contributed by atoms with E-state index >= 15 is 0 Å². The summed E-state index contributed by atoms with van der Waals surface area (Å²) in [4.78, 5) is 12.7. The summed E-state index contributed by atoms with van der Waals surface area (Å²) in [6.07, 6.45) is 1.88. The molecule has 0 radical (unpaired) electrons. The number of rotatable bonds is 8. The van der Waals surface area contributed by atoms with Crippen LogP contribution in [0.2, 0.25) is 0 Å². The highest BCUT2D eigenvalue weighted by molar-refractivity contribution is 7.91. The van der Waals surface area contributed by atoms with Crippen molar-refractivity contribution in [3.63, 3.8) is 0 Å². The summed E-state index contributed by atoms with van der Waals surface area (Å²) in [7, 11) is -3.44. The van der Waals surface area contributed by atoms with Gasteiger partial charge in [-0.25, -0.2) is 12.8 Å². The molecule has 27 heavy (non-hydrogen) atoms. The summed E-state index contributed by atoms with van der Waals surface area (Å²) in [6, 6.07) is 9.03. The molecule has 0 aliphatic carbocycles. The van der Waals surface area contributed by atoms with E-state index in [1.807, 2.05) is 0 Å². The van der Waals surface area contributed by atoms with Gasteiger partial charge in [0.1, 0.15) is 22.4 Å². The van der Waals surface area contributed by atoms with Crippen molar-refractivity contribution < 1.29 is 22.3 Å². The van der Waals surface area contributed by atoms with Crippen LogP contribution in [0, 0.1) is 5.82 Å². The van der Waals surface area contributed by atoms with Crippen LogP contribution in [0.3, 0.4) is 0 Å². The van der Waals surface area contributed by atoms with Crippen molar-refractivity contribution in [2.24, 2.45) is 0 Å². The number of benzene rings is 1. The number of nitrogens with one attached hydrogen (secondary N) is 1. The third-order valence-corrected chi connectivity index (χ3v) is 7.57. The van der Waals surface area contributed by atoms with Crippen LogP contribution in [0.5, 0.6) is 5.75 Å². The minimum atomic E-state index is -3.44. The van der Waals surface area contributed by atoms with Gasteiger partial charge in [-0.1, -0.05) is 6.07 Å². The van der Waals surface area contributed by atoms with E-state index < -0.39 is 10.0 Å². The Morgan fingerprint density at radius 2 is 2.00 bits per heavy atom. The van der Waals surface area contributed by atoms with Gasteiger partial charge in [-0.15, -0.1) is 11.3 Å². The Morgan fingerprint density at radius 1 is 1.22 bits per heavy atom. The van der Waals surface area contributed by atoms with Crippen LogP contribution in [0.25, 0.3) is 0 Å².